The van der Waals surface area contributed by atoms with Crippen LogP contribution in [0.15, 0.2) is 0 Å². The van der Waals surface area contributed by atoms with Crippen molar-refractivity contribution in [2.75, 3.05) is 20.6 Å². The summed E-state index contributed by atoms with van der Waals surface area (Å²) in [5.41, 5.74) is 0. The fourth-order valence-electron chi connectivity index (χ4n) is 0.753. The van der Waals surface area contributed by atoms with Gasteiger partial charge in [-0.15, -0.1) is 33.2 Å². The second-order valence-electron chi connectivity index (χ2n) is 2.88. The zero-order valence-corrected chi connectivity index (χ0v) is 10.2. The predicted octanol–water partition coefficient (Wildman–Crippen LogP) is 2.98. The molecule has 0 aromatic heterocycles. The molecule has 68 valence electrons. The average molecular weight is 235 g/mol. The van der Waals surface area contributed by atoms with Crippen molar-refractivity contribution in [3.05, 3.63) is 0 Å². The first-order valence-corrected chi connectivity index (χ1v) is 8.87. The van der Waals surface area contributed by atoms with E-state index in [0.29, 0.717) is 0 Å². The van der Waals surface area contributed by atoms with Crippen molar-refractivity contribution < 1.29 is 0 Å². The van der Waals surface area contributed by atoms with Gasteiger partial charge in [0.05, 0.1) is 0 Å². The lowest BCUT2D eigenvalue weighted by Crippen LogP contribution is -2.14. The van der Waals surface area contributed by atoms with Crippen LogP contribution in [-0.2, 0) is 0 Å². The number of hydrogen-bond donors (Lipinski definition) is 0. The average Bonchev–Trinajstić information content (AvgIpc) is 1.78. The minimum Gasteiger partial charge on any atom is -0.309 e. The molecule has 0 aromatic carbocycles. The summed E-state index contributed by atoms with van der Waals surface area (Å²) in [7, 11) is 4.10. The van der Waals surface area contributed by atoms with Crippen LogP contribution in [0.2, 0.25) is 6.04 Å². The van der Waals surface area contributed by atoms with Gasteiger partial charge in [-0.1, -0.05) is 6.42 Å². The summed E-state index contributed by atoms with van der Waals surface area (Å²) in [5, 5.41) is 0. The van der Waals surface area contributed by atoms with Crippen LogP contribution in [0.4, 0.5) is 0 Å². The molecule has 0 bridgehead atoms. The van der Waals surface area contributed by atoms with E-state index in [1.165, 1.54) is 0 Å². The molecule has 0 saturated carbocycles. The topological polar surface area (TPSA) is 3.24 Å². The van der Waals surface area contributed by atoms with Crippen LogP contribution in [0.1, 0.15) is 12.8 Å². The molecule has 1 nitrogen and oxygen atoms in total. The van der Waals surface area contributed by atoms with Crippen LogP contribution in [0, 0.1) is 0 Å². The van der Waals surface area contributed by atoms with E-state index >= 15 is 0 Å². The molecule has 0 aromatic rings. The molecule has 0 spiro atoms. The minimum absolute atomic E-state index is 0.783. The fraction of sp³-hybridized carbons (Fsp3) is 1.00. The summed E-state index contributed by atoms with van der Waals surface area (Å²) >= 11 is 17.1. The molecular formula is C6H14Cl3NSi. The third-order valence-corrected chi connectivity index (χ3v) is 3.94. The molecule has 0 heterocycles. The Hall–Kier alpha value is 1.05. The standard InChI is InChI=1S/C6H14Cl3NSi/c1-10(2)5-3-4-6-11(7,8)9/h3-6H2,1-2H3. The Morgan fingerprint density at radius 3 is 2.00 bits per heavy atom. The van der Waals surface area contributed by atoms with Crippen LogP contribution < -0.4 is 0 Å². The maximum absolute atomic E-state index is 5.70. The Bertz CT molecular complexity index is 102. The van der Waals surface area contributed by atoms with Gasteiger partial charge in [-0.3, -0.25) is 0 Å². The molecule has 0 aliphatic heterocycles. The highest BCUT2D eigenvalue weighted by molar-refractivity contribution is 7.64. The zero-order valence-electron chi connectivity index (χ0n) is 6.91. The number of unbranched alkanes of at least 4 members (excludes halogenated alkanes) is 1. The Kier molecular flexibility index (Phi) is 6.19. The molecule has 0 fully saturated rings. The van der Waals surface area contributed by atoms with E-state index in [4.69, 9.17) is 33.2 Å². The molecule has 0 radical (unpaired) electrons. The highest BCUT2D eigenvalue weighted by Gasteiger charge is 2.23. The van der Waals surface area contributed by atoms with Crippen molar-refractivity contribution in [1.29, 1.82) is 0 Å². The Morgan fingerprint density at radius 2 is 1.64 bits per heavy atom. The van der Waals surface area contributed by atoms with Gasteiger partial charge in [0, 0.05) is 0 Å². The summed E-state index contributed by atoms with van der Waals surface area (Å²) in [6, 6.07) is -1.55. The second kappa shape index (κ2) is 5.65. The zero-order chi connectivity index (χ0) is 8.91. The van der Waals surface area contributed by atoms with Crippen LogP contribution in [0.5, 0.6) is 0 Å². The van der Waals surface area contributed by atoms with Gasteiger partial charge in [0.25, 0.3) is 0 Å². The third kappa shape index (κ3) is 11.0. The largest absolute Gasteiger partial charge is 0.341 e. The van der Waals surface area contributed by atoms with Crippen molar-refractivity contribution in [3.63, 3.8) is 0 Å². The summed E-state index contributed by atoms with van der Waals surface area (Å²) in [5.74, 6) is 0. The van der Waals surface area contributed by atoms with Crippen LogP contribution in [-0.4, -0.2) is 31.5 Å². The Balaban J connectivity index is 3.15. The Morgan fingerprint density at radius 1 is 1.09 bits per heavy atom. The van der Waals surface area contributed by atoms with Gasteiger partial charge in [-0.25, -0.2) is 0 Å². The van der Waals surface area contributed by atoms with Gasteiger partial charge in [0.2, 0.25) is 0 Å². The normalized spacial score (nSPS) is 12.5. The third-order valence-electron chi connectivity index (χ3n) is 1.32. The van der Waals surface area contributed by atoms with Crippen LogP contribution in [0.3, 0.4) is 0 Å². The number of rotatable bonds is 5. The first-order chi connectivity index (χ1) is 4.92. The van der Waals surface area contributed by atoms with Gasteiger partial charge in [-0.05, 0) is 33.1 Å². The highest BCUT2D eigenvalue weighted by atomic mass is 35.8. The second-order valence-corrected chi connectivity index (χ2v) is 12.2. The van der Waals surface area contributed by atoms with E-state index in [0.717, 1.165) is 25.4 Å². The summed E-state index contributed by atoms with van der Waals surface area (Å²) in [6.07, 6.45) is 2.15. The molecule has 0 unspecified atom stereocenters. The van der Waals surface area contributed by atoms with Gasteiger partial charge in [-0.2, -0.15) is 0 Å². The van der Waals surface area contributed by atoms with Crippen molar-refractivity contribution in [3.8, 4) is 0 Å². The number of nitrogens with zero attached hydrogens (tertiary/aromatic N) is 1. The van der Waals surface area contributed by atoms with E-state index in [1.807, 2.05) is 14.1 Å². The molecular weight excluding hydrogens is 221 g/mol. The molecule has 0 atom stereocenters. The van der Waals surface area contributed by atoms with Crippen LogP contribution >= 0.6 is 33.2 Å². The van der Waals surface area contributed by atoms with E-state index in [1.54, 1.807) is 0 Å². The molecule has 5 heteroatoms. The van der Waals surface area contributed by atoms with Gasteiger partial charge in [0.1, 0.15) is 0 Å². The molecule has 0 rings (SSSR count). The maximum atomic E-state index is 5.70. The molecule has 0 aliphatic carbocycles. The maximum Gasteiger partial charge on any atom is 0.341 e. The summed E-state index contributed by atoms with van der Waals surface area (Å²) in [6.45, 7) is 1.08. The number of halogens is 3. The molecule has 11 heavy (non-hydrogen) atoms. The fourth-order valence-corrected chi connectivity index (χ4v) is 2.61. The quantitative estimate of drug-likeness (QED) is 0.402. The smallest absolute Gasteiger partial charge is 0.309 e. The van der Waals surface area contributed by atoms with Gasteiger partial charge >= 0.3 is 6.00 Å². The van der Waals surface area contributed by atoms with Crippen molar-refractivity contribution in [2.45, 2.75) is 18.9 Å². The van der Waals surface area contributed by atoms with Crippen molar-refractivity contribution >= 4 is 39.2 Å². The van der Waals surface area contributed by atoms with Crippen LogP contribution in [0.25, 0.3) is 0 Å². The number of hydrogen-bond acceptors (Lipinski definition) is 1. The lowest BCUT2D eigenvalue weighted by atomic mass is 10.3. The summed E-state index contributed by atoms with van der Waals surface area (Å²) in [4.78, 5) is 2.14. The predicted molar refractivity (Wildman–Crippen MR) is 55.9 cm³/mol. The Labute approximate surface area is 83.7 Å². The van der Waals surface area contributed by atoms with Crippen molar-refractivity contribution in [2.24, 2.45) is 0 Å². The molecule has 0 amide bonds. The minimum atomic E-state index is -2.33. The molecule has 0 aliphatic rings. The highest BCUT2D eigenvalue weighted by Crippen LogP contribution is 2.26. The lowest BCUT2D eigenvalue weighted by Gasteiger charge is -2.10. The SMILES string of the molecule is CN(C)CCCC[Si](Cl)(Cl)Cl. The first-order valence-electron chi connectivity index (χ1n) is 3.63. The van der Waals surface area contributed by atoms with E-state index < -0.39 is 6.00 Å². The van der Waals surface area contributed by atoms with E-state index in [9.17, 15) is 0 Å². The molecule has 0 saturated heterocycles. The van der Waals surface area contributed by atoms with E-state index in [2.05, 4.69) is 4.90 Å². The lowest BCUT2D eigenvalue weighted by molar-refractivity contribution is 0.398. The molecule has 0 N–H and O–H groups in total. The van der Waals surface area contributed by atoms with Crippen molar-refractivity contribution in [1.82, 2.24) is 4.90 Å². The van der Waals surface area contributed by atoms with Gasteiger partial charge < -0.3 is 4.90 Å². The van der Waals surface area contributed by atoms with Gasteiger partial charge in [0.15, 0.2) is 0 Å². The summed E-state index contributed by atoms with van der Waals surface area (Å²) < 4.78 is 0. The first kappa shape index (κ1) is 12.0. The van der Waals surface area contributed by atoms with E-state index in [-0.39, 0.29) is 0 Å². The monoisotopic (exact) mass is 233 g/mol.